The van der Waals surface area contributed by atoms with Gasteiger partial charge in [0, 0.05) is 0 Å². The fourth-order valence-corrected chi connectivity index (χ4v) is 2.02. The predicted molar refractivity (Wildman–Crippen MR) is 65.7 cm³/mol. The van der Waals surface area contributed by atoms with Gasteiger partial charge in [-0.3, -0.25) is 19.3 Å². The molecule has 6 heteroatoms. The number of rotatable bonds is 3. The second kappa shape index (κ2) is 4.26. The van der Waals surface area contributed by atoms with Crippen LogP contribution in [-0.2, 0) is 4.79 Å². The first-order valence-electron chi connectivity index (χ1n) is 5.61. The fraction of sp³-hybridized carbons (Fsp3) is 0.231. The summed E-state index contributed by atoms with van der Waals surface area (Å²) in [5.41, 5.74) is 7.55. The van der Waals surface area contributed by atoms with E-state index in [9.17, 15) is 14.4 Å². The van der Waals surface area contributed by atoms with Gasteiger partial charge in [0.05, 0.1) is 11.1 Å². The summed E-state index contributed by atoms with van der Waals surface area (Å²) in [4.78, 5) is 39.8. The van der Waals surface area contributed by atoms with E-state index < -0.39 is 23.1 Å². The van der Waals surface area contributed by atoms with E-state index in [1.807, 2.05) is 0 Å². The van der Waals surface area contributed by atoms with E-state index in [0.717, 1.165) is 4.90 Å². The van der Waals surface area contributed by atoms with Crippen LogP contribution in [0.15, 0.2) is 24.3 Å². The number of carbonyl (C=O) groups is 3. The van der Waals surface area contributed by atoms with Crippen molar-refractivity contribution in [1.82, 2.24) is 4.90 Å². The maximum atomic E-state index is 12.2. The Morgan fingerprint density at radius 2 is 1.68 bits per heavy atom. The normalized spacial score (nSPS) is 14.1. The highest BCUT2D eigenvalue weighted by atomic mass is 16.2. The Hall–Kier alpha value is -2.59. The van der Waals surface area contributed by atoms with E-state index in [1.54, 1.807) is 12.1 Å². The van der Waals surface area contributed by atoms with Crippen molar-refractivity contribution in [2.75, 3.05) is 0 Å². The zero-order chi connectivity index (χ0) is 14.2. The van der Waals surface area contributed by atoms with Gasteiger partial charge in [0.25, 0.3) is 17.6 Å². The maximum Gasteiger partial charge on any atom is 0.325 e. The molecule has 0 aromatic heterocycles. The van der Waals surface area contributed by atoms with Gasteiger partial charge in [-0.2, -0.15) is 4.79 Å². The minimum Gasteiger partial charge on any atom is -0.361 e. The lowest BCUT2D eigenvalue weighted by Crippen LogP contribution is -2.53. The van der Waals surface area contributed by atoms with Crippen LogP contribution < -0.4 is 0 Å². The molecule has 0 bridgehead atoms. The lowest BCUT2D eigenvalue weighted by Gasteiger charge is -2.29. The van der Waals surface area contributed by atoms with Gasteiger partial charge < -0.3 is 5.53 Å². The second-order valence-corrected chi connectivity index (χ2v) is 4.66. The van der Waals surface area contributed by atoms with Crippen molar-refractivity contribution in [3.8, 4) is 0 Å². The monoisotopic (exact) mass is 257 g/mol. The van der Waals surface area contributed by atoms with Crippen LogP contribution in [0.25, 0.3) is 5.53 Å². The van der Waals surface area contributed by atoms with Crippen LogP contribution in [0.5, 0.6) is 0 Å². The Kier molecular flexibility index (Phi) is 2.88. The summed E-state index contributed by atoms with van der Waals surface area (Å²) in [5, 5.41) is 0. The third-order valence-electron chi connectivity index (χ3n) is 3.13. The van der Waals surface area contributed by atoms with E-state index in [0.29, 0.717) is 6.21 Å². The van der Waals surface area contributed by atoms with Gasteiger partial charge in [0.2, 0.25) is 0 Å². The average molecular weight is 257 g/mol. The zero-order valence-electron chi connectivity index (χ0n) is 10.5. The molecule has 2 rings (SSSR count). The quantitative estimate of drug-likeness (QED) is 0.349. The van der Waals surface area contributed by atoms with Crippen LogP contribution in [0.1, 0.15) is 34.6 Å². The van der Waals surface area contributed by atoms with Gasteiger partial charge in [0.1, 0.15) is 5.54 Å². The Bertz CT molecular complexity index is 607. The largest absolute Gasteiger partial charge is 0.361 e. The zero-order valence-corrected chi connectivity index (χ0v) is 10.5. The summed E-state index contributed by atoms with van der Waals surface area (Å²) >= 11 is 0. The molecule has 2 amide bonds. The minimum atomic E-state index is -1.40. The molecule has 96 valence electrons. The molecule has 0 radical (unpaired) electrons. The number of imide groups is 1. The van der Waals surface area contributed by atoms with Gasteiger partial charge in [-0.15, -0.1) is 0 Å². The van der Waals surface area contributed by atoms with Crippen LogP contribution >= 0.6 is 0 Å². The molecule has 0 saturated carbocycles. The molecule has 0 saturated heterocycles. The fourth-order valence-electron chi connectivity index (χ4n) is 2.02. The van der Waals surface area contributed by atoms with Crippen molar-refractivity contribution in [1.29, 1.82) is 0 Å². The lowest BCUT2D eigenvalue weighted by atomic mass is 9.97. The summed E-state index contributed by atoms with van der Waals surface area (Å²) in [5.74, 6) is -1.68. The molecule has 1 aliphatic rings. The van der Waals surface area contributed by atoms with Gasteiger partial charge in [0.15, 0.2) is 0 Å². The summed E-state index contributed by atoms with van der Waals surface area (Å²) in [6.07, 6.45) is 0.684. The standard InChI is InChI=1S/C13H11N3O3/c1-13(2,10(17)7-15-14)16-11(18)8-5-3-4-6-9(8)12(16)19/h3-7H,1-2H3. The number of amides is 2. The number of Topliss-reactive ketones (excluding diaryl/α,β-unsaturated/α-hetero) is 1. The Labute approximate surface area is 109 Å². The maximum absolute atomic E-state index is 12.2. The Balaban J connectivity index is 2.50. The topological polar surface area (TPSA) is 90.8 Å². The first kappa shape index (κ1) is 12.9. The molecule has 0 unspecified atom stereocenters. The molecule has 1 aliphatic heterocycles. The van der Waals surface area contributed by atoms with Crippen LogP contribution in [0.2, 0.25) is 0 Å². The number of hydrogen-bond donors (Lipinski definition) is 0. The smallest absolute Gasteiger partial charge is 0.325 e. The molecule has 1 aromatic rings. The van der Waals surface area contributed by atoms with Crippen molar-refractivity contribution in [3.05, 3.63) is 40.9 Å². The molecule has 19 heavy (non-hydrogen) atoms. The molecule has 0 fully saturated rings. The Morgan fingerprint density at radius 3 is 2.11 bits per heavy atom. The van der Waals surface area contributed by atoms with Gasteiger partial charge >= 0.3 is 6.21 Å². The molecule has 1 heterocycles. The number of hydrogen-bond acceptors (Lipinski definition) is 3. The molecular formula is C13H11N3O3. The first-order chi connectivity index (χ1) is 8.91. The highest BCUT2D eigenvalue weighted by molar-refractivity contribution is 6.33. The molecular weight excluding hydrogens is 246 g/mol. The van der Waals surface area contributed by atoms with Crippen LogP contribution in [0.3, 0.4) is 0 Å². The van der Waals surface area contributed by atoms with Crippen LogP contribution in [0, 0.1) is 0 Å². The highest BCUT2D eigenvalue weighted by Crippen LogP contribution is 2.29. The summed E-state index contributed by atoms with van der Waals surface area (Å²) in [7, 11) is 0. The number of fused-ring (bicyclic) bond motifs is 1. The van der Waals surface area contributed by atoms with Crippen molar-refractivity contribution >= 4 is 23.8 Å². The minimum absolute atomic E-state index is 0.273. The van der Waals surface area contributed by atoms with Gasteiger partial charge in [-0.05, 0) is 26.0 Å². The summed E-state index contributed by atoms with van der Waals surface area (Å²) in [6.45, 7) is 2.86. The first-order valence-corrected chi connectivity index (χ1v) is 5.61. The number of ketones is 1. The molecule has 1 aromatic carbocycles. The number of benzene rings is 1. The number of nitrogens with zero attached hydrogens (tertiary/aromatic N) is 3. The van der Waals surface area contributed by atoms with Crippen LogP contribution in [0.4, 0.5) is 0 Å². The molecule has 0 aliphatic carbocycles. The van der Waals surface area contributed by atoms with E-state index in [4.69, 9.17) is 5.53 Å². The van der Waals surface area contributed by atoms with Crippen molar-refractivity contribution in [2.24, 2.45) is 0 Å². The van der Waals surface area contributed by atoms with E-state index in [-0.39, 0.29) is 11.1 Å². The highest BCUT2D eigenvalue weighted by Gasteiger charge is 2.48. The van der Waals surface area contributed by atoms with Gasteiger partial charge in [-0.25, -0.2) is 0 Å². The van der Waals surface area contributed by atoms with E-state index >= 15 is 0 Å². The molecule has 0 atom stereocenters. The summed E-state index contributed by atoms with van der Waals surface area (Å²) in [6, 6.07) is 6.38. The molecule has 0 N–H and O–H groups in total. The van der Waals surface area contributed by atoms with Crippen molar-refractivity contribution in [2.45, 2.75) is 19.4 Å². The molecule has 6 nitrogen and oxygen atoms in total. The Morgan fingerprint density at radius 1 is 1.21 bits per heavy atom. The second-order valence-electron chi connectivity index (χ2n) is 4.66. The third kappa shape index (κ3) is 1.78. The van der Waals surface area contributed by atoms with E-state index in [2.05, 4.69) is 4.79 Å². The van der Waals surface area contributed by atoms with Crippen molar-refractivity contribution < 1.29 is 19.2 Å². The van der Waals surface area contributed by atoms with E-state index in [1.165, 1.54) is 26.0 Å². The average Bonchev–Trinajstić information content (AvgIpc) is 2.63. The summed E-state index contributed by atoms with van der Waals surface area (Å²) < 4.78 is 0. The lowest BCUT2D eigenvalue weighted by molar-refractivity contribution is -0.123. The SMILES string of the molecule is CC(C)(C(=O)C=[N+]=[N-])N1C(=O)c2ccccc2C1=O. The number of carbonyl (C=O) groups excluding carboxylic acids is 3. The predicted octanol–water partition coefficient (Wildman–Crippen LogP) is 0.931. The van der Waals surface area contributed by atoms with Crippen molar-refractivity contribution in [3.63, 3.8) is 0 Å². The van der Waals surface area contributed by atoms with Gasteiger partial charge in [-0.1, -0.05) is 12.1 Å². The molecule has 0 spiro atoms. The third-order valence-corrected chi connectivity index (χ3v) is 3.13. The van der Waals surface area contributed by atoms with Crippen LogP contribution in [-0.4, -0.2) is 39.0 Å².